The molecule has 7 nitrogen and oxygen atoms in total. The number of esters is 1. The number of carbonyl (C=O) groups is 2. The second kappa shape index (κ2) is 6.04. The number of nitrogens with zero attached hydrogens (tertiary/aromatic N) is 3. The average molecular weight is 313 g/mol. The number of carbonyl (C=O) groups excluding carboxylic acids is 2. The molecule has 0 spiro atoms. The third kappa shape index (κ3) is 2.61. The zero-order valence-corrected chi connectivity index (χ0v) is 12.7. The minimum absolute atomic E-state index is 0.192. The summed E-state index contributed by atoms with van der Waals surface area (Å²) >= 11 is 0. The van der Waals surface area contributed by atoms with Gasteiger partial charge >= 0.3 is 5.97 Å². The van der Waals surface area contributed by atoms with Crippen LogP contribution in [0.3, 0.4) is 0 Å². The molecule has 0 bridgehead atoms. The fraction of sp³-hybridized carbons (Fsp3) is 0.250. The molecule has 0 saturated carbocycles. The van der Waals surface area contributed by atoms with Gasteiger partial charge in [-0.2, -0.15) is 0 Å². The van der Waals surface area contributed by atoms with Crippen molar-refractivity contribution < 1.29 is 18.7 Å². The highest BCUT2D eigenvalue weighted by Crippen LogP contribution is 2.31. The number of hydrogen-bond acceptors (Lipinski definition) is 6. The zero-order valence-electron chi connectivity index (χ0n) is 12.7. The van der Waals surface area contributed by atoms with Crippen molar-refractivity contribution in [3.05, 3.63) is 36.7 Å². The van der Waals surface area contributed by atoms with E-state index < -0.39 is 12.0 Å². The van der Waals surface area contributed by atoms with Gasteiger partial charge in [-0.1, -0.05) is 18.2 Å². The zero-order chi connectivity index (χ0) is 16.4. The van der Waals surface area contributed by atoms with Gasteiger partial charge in [0.1, 0.15) is 5.69 Å². The quantitative estimate of drug-likeness (QED) is 0.531. The van der Waals surface area contributed by atoms with Crippen molar-refractivity contribution in [3.63, 3.8) is 0 Å². The molecule has 0 saturated heterocycles. The number of benzene rings is 1. The average Bonchev–Trinajstić information content (AvgIpc) is 3.15. The lowest BCUT2D eigenvalue weighted by atomic mass is 10.2. The topological polar surface area (TPSA) is 87.2 Å². The molecule has 0 radical (unpaired) electrons. The van der Waals surface area contributed by atoms with Crippen molar-refractivity contribution in [2.45, 2.75) is 19.9 Å². The number of para-hydroxylation sites is 1. The highest BCUT2D eigenvalue weighted by molar-refractivity contribution is 6.02. The smallest absolute Gasteiger partial charge is 0.336 e. The first kappa shape index (κ1) is 15.0. The molecule has 1 atom stereocenters. The summed E-state index contributed by atoms with van der Waals surface area (Å²) in [5.74, 6) is -0.704. The van der Waals surface area contributed by atoms with Crippen LogP contribution in [-0.2, 0) is 14.3 Å². The van der Waals surface area contributed by atoms with E-state index in [2.05, 4.69) is 10.2 Å². The van der Waals surface area contributed by atoms with E-state index in [1.54, 1.807) is 17.6 Å². The molecular weight excluding hydrogens is 298 g/mol. The van der Waals surface area contributed by atoms with E-state index in [0.717, 1.165) is 5.39 Å². The molecule has 3 rings (SSSR count). The van der Waals surface area contributed by atoms with Crippen LogP contribution in [0.25, 0.3) is 22.5 Å². The Morgan fingerprint density at radius 3 is 2.78 bits per heavy atom. The minimum atomic E-state index is -1.10. The van der Waals surface area contributed by atoms with Gasteiger partial charge in [-0.15, -0.1) is 10.2 Å². The van der Waals surface area contributed by atoms with Crippen LogP contribution in [0.1, 0.15) is 19.9 Å². The Morgan fingerprint density at radius 2 is 2.13 bits per heavy atom. The van der Waals surface area contributed by atoms with Crippen LogP contribution in [0.2, 0.25) is 0 Å². The third-order valence-corrected chi connectivity index (χ3v) is 3.48. The summed E-state index contributed by atoms with van der Waals surface area (Å²) < 4.78 is 11.9. The lowest BCUT2D eigenvalue weighted by molar-refractivity contribution is -0.149. The van der Waals surface area contributed by atoms with E-state index in [0.29, 0.717) is 11.2 Å². The molecule has 0 N–H and O–H groups in total. The molecule has 1 unspecified atom stereocenters. The molecule has 0 amide bonds. The fourth-order valence-electron chi connectivity index (χ4n) is 2.58. The van der Waals surface area contributed by atoms with Crippen molar-refractivity contribution in [2.24, 2.45) is 0 Å². The second-order valence-electron chi connectivity index (χ2n) is 4.97. The van der Waals surface area contributed by atoms with Crippen molar-refractivity contribution in [2.75, 3.05) is 6.61 Å². The molecule has 2 aromatic heterocycles. The highest BCUT2D eigenvalue weighted by Gasteiger charge is 2.31. The largest absolute Gasteiger partial charge is 0.464 e. The van der Waals surface area contributed by atoms with Crippen LogP contribution < -0.4 is 0 Å². The number of hydrogen-bond donors (Lipinski definition) is 0. The molecule has 7 heteroatoms. The Balaban J connectivity index is 2.26. The van der Waals surface area contributed by atoms with Crippen LogP contribution in [0.15, 0.2) is 41.1 Å². The Kier molecular flexibility index (Phi) is 3.92. The maximum atomic E-state index is 12.3. The van der Waals surface area contributed by atoms with Gasteiger partial charge in [-0.25, -0.2) is 4.79 Å². The number of Topliss-reactive ketones (excluding diaryl/α,β-unsaturated/α-hetero) is 1. The van der Waals surface area contributed by atoms with Crippen molar-refractivity contribution in [3.8, 4) is 11.6 Å². The van der Waals surface area contributed by atoms with Gasteiger partial charge in [-0.05, 0) is 26.0 Å². The lowest BCUT2D eigenvalue weighted by Gasteiger charge is -2.17. The molecule has 2 heterocycles. The Bertz CT molecular complexity index is 851. The van der Waals surface area contributed by atoms with E-state index in [1.807, 2.05) is 24.3 Å². The summed E-state index contributed by atoms with van der Waals surface area (Å²) in [5, 5.41) is 8.41. The van der Waals surface area contributed by atoms with Crippen LogP contribution in [-0.4, -0.2) is 33.1 Å². The summed E-state index contributed by atoms with van der Waals surface area (Å²) in [4.78, 5) is 24.5. The predicted octanol–water partition coefficient (Wildman–Crippen LogP) is 2.38. The van der Waals surface area contributed by atoms with E-state index in [1.165, 1.54) is 13.3 Å². The van der Waals surface area contributed by atoms with Gasteiger partial charge < -0.3 is 13.7 Å². The lowest BCUT2D eigenvalue weighted by Crippen LogP contribution is -2.28. The van der Waals surface area contributed by atoms with Crippen LogP contribution in [0.4, 0.5) is 0 Å². The molecule has 0 fully saturated rings. The van der Waals surface area contributed by atoms with Crippen molar-refractivity contribution >= 4 is 22.7 Å². The van der Waals surface area contributed by atoms with Gasteiger partial charge in [-0.3, -0.25) is 4.79 Å². The van der Waals surface area contributed by atoms with Gasteiger partial charge in [0, 0.05) is 10.9 Å². The first-order valence-electron chi connectivity index (χ1n) is 7.17. The fourth-order valence-corrected chi connectivity index (χ4v) is 2.58. The monoisotopic (exact) mass is 313 g/mol. The minimum Gasteiger partial charge on any atom is -0.464 e. The van der Waals surface area contributed by atoms with Crippen LogP contribution in [0, 0.1) is 0 Å². The second-order valence-corrected chi connectivity index (χ2v) is 4.97. The van der Waals surface area contributed by atoms with Gasteiger partial charge in [0.05, 0.1) is 6.61 Å². The maximum absolute atomic E-state index is 12.3. The molecular formula is C16H15N3O4. The number of ketones is 1. The number of fused-ring (bicyclic) bond motifs is 1. The van der Waals surface area contributed by atoms with E-state index in [-0.39, 0.29) is 18.3 Å². The normalized spacial score (nSPS) is 12.3. The standard InChI is InChI=1S/C16H15N3O4/c1-3-22-16(21)14(10(2)20)19-12-7-5-4-6-11(12)8-13(19)15-18-17-9-23-15/h4-9,14H,3H2,1-2H3. The van der Waals surface area contributed by atoms with Gasteiger partial charge in [0.25, 0.3) is 5.89 Å². The highest BCUT2D eigenvalue weighted by atomic mass is 16.5. The number of aromatic nitrogens is 3. The van der Waals surface area contributed by atoms with E-state index in [9.17, 15) is 9.59 Å². The first-order valence-corrected chi connectivity index (χ1v) is 7.17. The van der Waals surface area contributed by atoms with Crippen LogP contribution >= 0.6 is 0 Å². The van der Waals surface area contributed by atoms with Gasteiger partial charge in [0.2, 0.25) is 6.39 Å². The van der Waals surface area contributed by atoms with Crippen molar-refractivity contribution in [1.82, 2.24) is 14.8 Å². The molecule has 0 aliphatic carbocycles. The van der Waals surface area contributed by atoms with Crippen molar-refractivity contribution in [1.29, 1.82) is 0 Å². The van der Waals surface area contributed by atoms with Crippen LogP contribution in [0.5, 0.6) is 0 Å². The summed E-state index contributed by atoms with van der Waals surface area (Å²) in [7, 11) is 0. The molecule has 23 heavy (non-hydrogen) atoms. The third-order valence-electron chi connectivity index (χ3n) is 3.48. The summed E-state index contributed by atoms with van der Waals surface area (Å²) in [6, 6.07) is 8.11. The molecule has 118 valence electrons. The molecule has 0 aliphatic heterocycles. The Morgan fingerprint density at radius 1 is 1.35 bits per heavy atom. The summed E-state index contributed by atoms with van der Waals surface area (Å²) in [6.07, 6.45) is 1.20. The van der Waals surface area contributed by atoms with E-state index in [4.69, 9.17) is 9.15 Å². The SMILES string of the molecule is CCOC(=O)C(C(C)=O)n1c(-c2nnco2)cc2ccccc21. The molecule has 0 aliphatic rings. The van der Waals surface area contributed by atoms with E-state index >= 15 is 0 Å². The maximum Gasteiger partial charge on any atom is 0.336 e. The molecule has 1 aromatic carbocycles. The molecule has 3 aromatic rings. The van der Waals surface area contributed by atoms with Gasteiger partial charge in [0.15, 0.2) is 11.8 Å². The Hall–Kier alpha value is -2.96. The number of rotatable bonds is 5. The first-order chi connectivity index (χ1) is 11.1. The number of ether oxygens (including phenoxy) is 1. The summed E-state index contributed by atoms with van der Waals surface area (Å²) in [5.41, 5.74) is 1.21. The Labute approximate surface area is 131 Å². The predicted molar refractivity (Wildman–Crippen MR) is 81.6 cm³/mol. The summed E-state index contributed by atoms with van der Waals surface area (Å²) in [6.45, 7) is 3.24.